The van der Waals surface area contributed by atoms with Crippen LogP contribution in [0.25, 0.3) is 22.2 Å². The van der Waals surface area contributed by atoms with Crippen LogP contribution >= 0.6 is 0 Å². The Morgan fingerprint density at radius 3 is 2.69 bits per heavy atom. The second kappa shape index (κ2) is 6.25. The highest BCUT2D eigenvalue weighted by Crippen LogP contribution is 2.20. The third-order valence-electron chi connectivity index (χ3n) is 3.97. The first-order valence-electron chi connectivity index (χ1n) is 7.76. The monoisotopic (exact) mass is 348 g/mol. The molecule has 0 saturated carbocycles. The van der Waals surface area contributed by atoms with Crippen LogP contribution in [0.5, 0.6) is 0 Å². The first-order chi connectivity index (χ1) is 12.6. The molecule has 0 radical (unpaired) electrons. The molecule has 0 N–H and O–H groups in total. The van der Waals surface area contributed by atoms with Crippen molar-refractivity contribution >= 4 is 16.6 Å². The molecule has 8 heteroatoms. The minimum Gasteiger partial charge on any atom is -0.356 e. The Labute approximate surface area is 146 Å². The fraction of sp³-hybridized carbons (Fsp3) is 0.0556. The number of nitro groups is 1. The number of nitrogens with zero attached hydrogens (tertiary/aromatic N) is 4. The Hall–Kier alpha value is -3.81. The van der Waals surface area contributed by atoms with Gasteiger partial charge < -0.3 is 4.52 Å². The van der Waals surface area contributed by atoms with Crippen molar-refractivity contribution < 1.29 is 9.45 Å². The molecular formula is C18H12N4O4. The summed E-state index contributed by atoms with van der Waals surface area (Å²) in [7, 11) is 0. The highest BCUT2D eigenvalue weighted by molar-refractivity contribution is 5.79. The topological polar surface area (TPSA) is 104 Å². The molecule has 0 aliphatic carbocycles. The Morgan fingerprint density at radius 1 is 1.12 bits per heavy atom. The van der Waals surface area contributed by atoms with Crippen LogP contribution in [-0.2, 0) is 6.54 Å². The standard InChI is InChI=1S/C18H12N4O4/c23-18-15-9-14(22(24)25)6-7-16(15)19-11-21(18)10-13-8-17(26-20-13)12-4-2-1-3-5-12/h1-9,11H,10H2. The van der Waals surface area contributed by atoms with Gasteiger partial charge in [0.15, 0.2) is 5.76 Å². The average molecular weight is 348 g/mol. The third-order valence-corrected chi connectivity index (χ3v) is 3.97. The minimum absolute atomic E-state index is 0.151. The lowest BCUT2D eigenvalue weighted by Gasteiger charge is -2.04. The Bertz CT molecular complexity index is 1160. The second-order valence-electron chi connectivity index (χ2n) is 5.68. The van der Waals surface area contributed by atoms with E-state index < -0.39 is 4.92 Å². The number of fused-ring (bicyclic) bond motifs is 1. The van der Waals surface area contributed by atoms with Crippen LogP contribution in [0.2, 0.25) is 0 Å². The molecule has 0 unspecified atom stereocenters. The van der Waals surface area contributed by atoms with E-state index in [1.807, 2.05) is 30.3 Å². The normalized spacial score (nSPS) is 10.9. The molecule has 4 aromatic rings. The molecule has 0 saturated heterocycles. The Kier molecular flexibility index (Phi) is 3.77. The summed E-state index contributed by atoms with van der Waals surface area (Å²) in [6.07, 6.45) is 1.40. The number of nitro benzene ring substituents is 1. The fourth-order valence-corrected chi connectivity index (χ4v) is 2.67. The smallest absolute Gasteiger partial charge is 0.270 e. The molecule has 0 aliphatic heterocycles. The SMILES string of the molecule is O=c1c2cc([N+](=O)[O-])ccc2ncn1Cc1cc(-c2ccccc2)on1. The fourth-order valence-electron chi connectivity index (χ4n) is 2.67. The summed E-state index contributed by atoms with van der Waals surface area (Å²) in [5.41, 5.74) is 1.32. The Balaban J connectivity index is 1.69. The zero-order valence-electron chi connectivity index (χ0n) is 13.4. The lowest BCUT2D eigenvalue weighted by Crippen LogP contribution is -2.21. The molecule has 2 aromatic heterocycles. The van der Waals surface area contributed by atoms with E-state index in [2.05, 4.69) is 10.1 Å². The maximum atomic E-state index is 12.6. The second-order valence-corrected chi connectivity index (χ2v) is 5.68. The van der Waals surface area contributed by atoms with Crippen LogP contribution in [0, 0.1) is 10.1 Å². The predicted molar refractivity (Wildman–Crippen MR) is 93.7 cm³/mol. The molecule has 4 rings (SSSR count). The van der Waals surface area contributed by atoms with Gasteiger partial charge in [-0.05, 0) is 6.07 Å². The van der Waals surface area contributed by atoms with Crippen LogP contribution in [-0.4, -0.2) is 19.6 Å². The van der Waals surface area contributed by atoms with Crippen molar-refractivity contribution in [3.63, 3.8) is 0 Å². The first kappa shape index (κ1) is 15.7. The molecule has 2 aromatic carbocycles. The van der Waals surface area contributed by atoms with Gasteiger partial charge in [-0.2, -0.15) is 0 Å². The zero-order chi connectivity index (χ0) is 18.1. The van der Waals surface area contributed by atoms with E-state index in [0.29, 0.717) is 17.0 Å². The highest BCUT2D eigenvalue weighted by atomic mass is 16.6. The van der Waals surface area contributed by atoms with Gasteiger partial charge in [-0.1, -0.05) is 35.5 Å². The molecule has 0 atom stereocenters. The van der Waals surface area contributed by atoms with E-state index in [-0.39, 0.29) is 23.2 Å². The quantitative estimate of drug-likeness (QED) is 0.415. The Morgan fingerprint density at radius 2 is 1.92 bits per heavy atom. The highest BCUT2D eigenvalue weighted by Gasteiger charge is 2.12. The van der Waals surface area contributed by atoms with E-state index in [0.717, 1.165) is 5.56 Å². The van der Waals surface area contributed by atoms with Gasteiger partial charge in [0.25, 0.3) is 11.2 Å². The number of rotatable bonds is 4. The van der Waals surface area contributed by atoms with Crippen LogP contribution < -0.4 is 5.56 Å². The van der Waals surface area contributed by atoms with E-state index in [1.165, 1.54) is 29.1 Å². The molecule has 2 heterocycles. The van der Waals surface area contributed by atoms with Crippen LogP contribution in [0.4, 0.5) is 5.69 Å². The molecule has 8 nitrogen and oxygen atoms in total. The van der Waals surface area contributed by atoms with Gasteiger partial charge in [0.1, 0.15) is 5.69 Å². The summed E-state index contributed by atoms with van der Waals surface area (Å²) >= 11 is 0. The van der Waals surface area contributed by atoms with Crippen LogP contribution in [0.1, 0.15) is 5.69 Å². The first-order valence-corrected chi connectivity index (χ1v) is 7.76. The summed E-state index contributed by atoms with van der Waals surface area (Å²) in [5.74, 6) is 0.595. The average Bonchev–Trinajstić information content (AvgIpc) is 3.13. The van der Waals surface area contributed by atoms with Crippen molar-refractivity contribution in [3.8, 4) is 11.3 Å². The lowest BCUT2D eigenvalue weighted by molar-refractivity contribution is -0.384. The summed E-state index contributed by atoms with van der Waals surface area (Å²) < 4.78 is 6.67. The summed E-state index contributed by atoms with van der Waals surface area (Å²) in [6.45, 7) is 0.154. The van der Waals surface area contributed by atoms with Gasteiger partial charge >= 0.3 is 0 Å². The number of aromatic nitrogens is 3. The minimum atomic E-state index is -0.542. The van der Waals surface area contributed by atoms with Crippen LogP contribution in [0.3, 0.4) is 0 Å². The maximum Gasteiger partial charge on any atom is 0.270 e. The van der Waals surface area contributed by atoms with E-state index >= 15 is 0 Å². The van der Waals surface area contributed by atoms with Gasteiger partial charge in [0.2, 0.25) is 0 Å². The number of hydrogen-bond acceptors (Lipinski definition) is 6. The van der Waals surface area contributed by atoms with Crippen molar-refractivity contribution in [1.29, 1.82) is 0 Å². The molecule has 0 fully saturated rings. The molecule has 128 valence electrons. The van der Waals surface area contributed by atoms with Crippen molar-refractivity contribution in [2.45, 2.75) is 6.54 Å². The third kappa shape index (κ3) is 2.84. The number of benzene rings is 2. The van der Waals surface area contributed by atoms with Crippen molar-refractivity contribution in [2.75, 3.05) is 0 Å². The van der Waals surface area contributed by atoms with Gasteiger partial charge in [-0.3, -0.25) is 19.5 Å². The van der Waals surface area contributed by atoms with E-state index in [9.17, 15) is 14.9 Å². The summed E-state index contributed by atoms with van der Waals surface area (Å²) in [5, 5.41) is 15.1. The van der Waals surface area contributed by atoms with E-state index in [4.69, 9.17) is 4.52 Å². The van der Waals surface area contributed by atoms with Crippen molar-refractivity contribution in [2.24, 2.45) is 0 Å². The molecule has 26 heavy (non-hydrogen) atoms. The predicted octanol–water partition coefficient (Wildman–Crippen LogP) is 3.01. The summed E-state index contributed by atoms with van der Waals surface area (Å²) in [4.78, 5) is 27.2. The summed E-state index contributed by atoms with van der Waals surface area (Å²) in [6, 6.07) is 15.2. The number of hydrogen-bond donors (Lipinski definition) is 0. The molecule has 0 amide bonds. The molecular weight excluding hydrogens is 336 g/mol. The molecule has 0 spiro atoms. The van der Waals surface area contributed by atoms with Crippen molar-refractivity contribution in [1.82, 2.24) is 14.7 Å². The van der Waals surface area contributed by atoms with Crippen LogP contribution in [0.15, 0.2) is 70.2 Å². The van der Waals surface area contributed by atoms with Crippen molar-refractivity contribution in [3.05, 3.63) is 87.1 Å². The molecule has 0 aliphatic rings. The zero-order valence-corrected chi connectivity index (χ0v) is 13.4. The van der Waals surface area contributed by atoms with Gasteiger partial charge in [0.05, 0.1) is 28.7 Å². The maximum absolute atomic E-state index is 12.6. The number of non-ortho nitro benzene ring substituents is 1. The van der Waals surface area contributed by atoms with Gasteiger partial charge in [-0.15, -0.1) is 0 Å². The largest absolute Gasteiger partial charge is 0.356 e. The molecule has 0 bridgehead atoms. The lowest BCUT2D eigenvalue weighted by atomic mass is 10.1. The van der Waals surface area contributed by atoms with E-state index in [1.54, 1.807) is 6.07 Å². The van der Waals surface area contributed by atoms with Gasteiger partial charge in [-0.25, -0.2) is 4.98 Å². The van der Waals surface area contributed by atoms with Gasteiger partial charge in [0, 0.05) is 23.8 Å².